The Morgan fingerprint density at radius 1 is 1.10 bits per heavy atom. The number of hydrogen-bond acceptors (Lipinski definition) is 5. The fourth-order valence-corrected chi connectivity index (χ4v) is 1.47. The molecule has 0 aliphatic carbocycles. The molecule has 0 atom stereocenters. The highest BCUT2D eigenvalue weighted by Gasteiger charge is 2.12. The first-order valence-corrected chi connectivity index (χ1v) is 6.45. The van der Waals surface area contributed by atoms with Crippen molar-refractivity contribution in [3.63, 3.8) is 0 Å². The number of hydrogen-bond donors (Lipinski definition) is 1. The molecule has 0 saturated carbocycles. The minimum Gasteiger partial charge on any atom is -0.490 e. The Hall–Kier alpha value is -1.70. The maximum atomic E-state index is 13.0. The van der Waals surface area contributed by atoms with Crippen molar-refractivity contribution >= 4 is 5.97 Å². The van der Waals surface area contributed by atoms with Crippen LogP contribution in [0.1, 0.15) is 10.4 Å². The average molecular weight is 302 g/mol. The summed E-state index contributed by atoms with van der Waals surface area (Å²) >= 11 is 0. The first kappa shape index (κ1) is 17.4. The van der Waals surface area contributed by atoms with Crippen LogP contribution in [0.4, 0.5) is 4.39 Å². The van der Waals surface area contributed by atoms with Crippen LogP contribution in [-0.4, -0.2) is 57.8 Å². The van der Waals surface area contributed by atoms with E-state index in [9.17, 15) is 9.18 Å². The Morgan fingerprint density at radius 2 is 1.71 bits per heavy atom. The topological polar surface area (TPSA) is 74.2 Å². The highest BCUT2D eigenvalue weighted by atomic mass is 19.1. The van der Waals surface area contributed by atoms with Crippen LogP contribution >= 0.6 is 0 Å². The SMILES string of the molecule is COCCOCCOCCOc1ccc(F)cc1C(=O)O. The monoisotopic (exact) mass is 302 g/mol. The summed E-state index contributed by atoms with van der Waals surface area (Å²) in [7, 11) is 1.60. The predicted octanol–water partition coefficient (Wildman–Crippen LogP) is 1.58. The van der Waals surface area contributed by atoms with Crippen LogP contribution in [0.15, 0.2) is 18.2 Å². The zero-order chi connectivity index (χ0) is 15.5. The van der Waals surface area contributed by atoms with Crippen molar-refractivity contribution in [1.82, 2.24) is 0 Å². The molecule has 0 aliphatic heterocycles. The molecule has 0 amide bonds. The van der Waals surface area contributed by atoms with Crippen molar-refractivity contribution < 1.29 is 33.2 Å². The Balaban J connectivity index is 2.20. The Morgan fingerprint density at radius 3 is 2.33 bits per heavy atom. The molecule has 0 fully saturated rings. The van der Waals surface area contributed by atoms with Gasteiger partial charge < -0.3 is 24.1 Å². The van der Waals surface area contributed by atoms with E-state index in [1.54, 1.807) is 7.11 Å². The Labute approximate surface area is 122 Å². The molecule has 21 heavy (non-hydrogen) atoms. The molecule has 0 radical (unpaired) electrons. The van der Waals surface area contributed by atoms with Crippen molar-refractivity contribution in [1.29, 1.82) is 0 Å². The Bertz CT molecular complexity index is 437. The van der Waals surface area contributed by atoms with Gasteiger partial charge in [-0.05, 0) is 18.2 Å². The van der Waals surface area contributed by atoms with E-state index >= 15 is 0 Å². The fraction of sp³-hybridized carbons (Fsp3) is 0.500. The molecule has 118 valence electrons. The minimum absolute atomic E-state index is 0.115. The summed E-state index contributed by atoms with van der Waals surface area (Å²) in [5, 5.41) is 8.93. The molecule has 6 nitrogen and oxygen atoms in total. The van der Waals surface area contributed by atoms with Gasteiger partial charge in [-0.3, -0.25) is 0 Å². The van der Waals surface area contributed by atoms with Gasteiger partial charge in [0.1, 0.15) is 23.7 Å². The summed E-state index contributed by atoms with van der Waals surface area (Å²) in [6.45, 7) is 2.34. The third kappa shape index (κ3) is 7.03. The quantitative estimate of drug-likeness (QED) is 0.626. The minimum atomic E-state index is -1.24. The summed E-state index contributed by atoms with van der Waals surface area (Å²) in [5.41, 5.74) is -0.210. The van der Waals surface area contributed by atoms with Gasteiger partial charge in [-0.15, -0.1) is 0 Å². The van der Waals surface area contributed by atoms with Gasteiger partial charge in [0.05, 0.1) is 33.0 Å². The molecular formula is C14H19FO6. The summed E-state index contributed by atoms with van der Waals surface area (Å²) in [6, 6.07) is 3.35. The molecule has 0 unspecified atom stereocenters. The van der Waals surface area contributed by atoms with Crippen molar-refractivity contribution in [2.24, 2.45) is 0 Å². The van der Waals surface area contributed by atoms with Crippen molar-refractivity contribution in [3.05, 3.63) is 29.6 Å². The second-order valence-electron chi connectivity index (χ2n) is 4.01. The third-order valence-corrected chi connectivity index (χ3v) is 2.46. The lowest BCUT2D eigenvalue weighted by Gasteiger charge is -2.10. The number of rotatable bonds is 11. The van der Waals surface area contributed by atoms with Crippen LogP contribution in [0.5, 0.6) is 5.75 Å². The highest BCUT2D eigenvalue weighted by Crippen LogP contribution is 2.19. The van der Waals surface area contributed by atoms with Gasteiger partial charge in [0, 0.05) is 7.11 Å². The number of ether oxygens (including phenoxy) is 4. The maximum Gasteiger partial charge on any atom is 0.339 e. The average Bonchev–Trinajstić information content (AvgIpc) is 2.46. The van der Waals surface area contributed by atoms with Gasteiger partial charge in [0.25, 0.3) is 0 Å². The molecule has 1 rings (SSSR count). The van der Waals surface area contributed by atoms with Crippen molar-refractivity contribution in [2.75, 3.05) is 46.8 Å². The number of methoxy groups -OCH3 is 1. The molecular weight excluding hydrogens is 283 g/mol. The lowest BCUT2D eigenvalue weighted by Crippen LogP contribution is -2.13. The fourth-order valence-electron chi connectivity index (χ4n) is 1.47. The van der Waals surface area contributed by atoms with Gasteiger partial charge in [-0.2, -0.15) is 0 Å². The van der Waals surface area contributed by atoms with Gasteiger partial charge >= 0.3 is 5.97 Å². The molecule has 0 aromatic heterocycles. The van der Waals surface area contributed by atoms with Crippen LogP contribution < -0.4 is 4.74 Å². The molecule has 0 bridgehead atoms. The molecule has 1 aromatic carbocycles. The van der Waals surface area contributed by atoms with Crippen molar-refractivity contribution in [2.45, 2.75) is 0 Å². The number of carboxylic acids is 1. The summed E-state index contributed by atoms with van der Waals surface area (Å²) in [5.74, 6) is -1.75. The van der Waals surface area contributed by atoms with E-state index in [0.29, 0.717) is 26.4 Å². The zero-order valence-electron chi connectivity index (χ0n) is 11.8. The van der Waals surface area contributed by atoms with Gasteiger partial charge in [-0.1, -0.05) is 0 Å². The second-order valence-corrected chi connectivity index (χ2v) is 4.01. The first-order valence-electron chi connectivity index (χ1n) is 6.45. The van der Waals surface area contributed by atoms with Gasteiger partial charge in [0.2, 0.25) is 0 Å². The molecule has 7 heteroatoms. The lowest BCUT2D eigenvalue weighted by molar-refractivity contribution is 0.0178. The highest BCUT2D eigenvalue weighted by molar-refractivity contribution is 5.90. The van der Waals surface area contributed by atoms with Gasteiger partial charge in [0.15, 0.2) is 0 Å². The molecule has 0 heterocycles. The third-order valence-electron chi connectivity index (χ3n) is 2.46. The predicted molar refractivity (Wildman–Crippen MR) is 72.4 cm³/mol. The van der Waals surface area contributed by atoms with E-state index in [-0.39, 0.29) is 24.5 Å². The summed E-state index contributed by atoms with van der Waals surface area (Å²) in [6.07, 6.45) is 0. The summed E-state index contributed by atoms with van der Waals surface area (Å²) in [4.78, 5) is 10.9. The van der Waals surface area contributed by atoms with E-state index in [1.807, 2.05) is 0 Å². The lowest BCUT2D eigenvalue weighted by atomic mass is 10.2. The molecule has 0 aliphatic rings. The molecule has 1 aromatic rings. The van der Waals surface area contributed by atoms with Gasteiger partial charge in [-0.25, -0.2) is 9.18 Å². The number of carbonyl (C=O) groups is 1. The molecule has 0 spiro atoms. The smallest absolute Gasteiger partial charge is 0.339 e. The summed E-state index contributed by atoms with van der Waals surface area (Å²) < 4.78 is 33.5. The van der Waals surface area contributed by atoms with Crippen LogP contribution in [0.2, 0.25) is 0 Å². The van der Waals surface area contributed by atoms with Crippen LogP contribution in [-0.2, 0) is 14.2 Å². The van der Waals surface area contributed by atoms with E-state index in [4.69, 9.17) is 24.1 Å². The number of aromatic carboxylic acids is 1. The maximum absolute atomic E-state index is 13.0. The van der Waals surface area contributed by atoms with E-state index in [1.165, 1.54) is 6.07 Å². The molecule has 1 N–H and O–H groups in total. The largest absolute Gasteiger partial charge is 0.490 e. The Kier molecular flexibility index (Phi) is 8.34. The van der Waals surface area contributed by atoms with Crippen molar-refractivity contribution in [3.8, 4) is 5.75 Å². The van der Waals surface area contributed by atoms with E-state index < -0.39 is 11.8 Å². The zero-order valence-corrected chi connectivity index (χ0v) is 11.8. The van der Waals surface area contributed by atoms with E-state index in [2.05, 4.69) is 0 Å². The number of halogens is 1. The second kappa shape index (κ2) is 10.1. The normalized spacial score (nSPS) is 10.6. The van der Waals surface area contributed by atoms with E-state index in [0.717, 1.165) is 12.1 Å². The standard InChI is InChI=1S/C14H19FO6/c1-18-4-5-19-6-7-20-8-9-21-13-3-2-11(15)10-12(13)14(16)17/h2-3,10H,4-9H2,1H3,(H,16,17). The van der Waals surface area contributed by atoms with Crippen LogP contribution in [0, 0.1) is 5.82 Å². The van der Waals surface area contributed by atoms with Crippen LogP contribution in [0.3, 0.4) is 0 Å². The van der Waals surface area contributed by atoms with Crippen LogP contribution in [0.25, 0.3) is 0 Å². The number of carboxylic acid groups (broad SMARTS) is 1. The molecule has 0 saturated heterocycles. The number of benzene rings is 1. The first-order chi connectivity index (χ1) is 10.1.